The first-order valence-corrected chi connectivity index (χ1v) is 6.74. The number of carbonyl (C=O) groups excluding carboxylic acids is 1. The second-order valence-corrected chi connectivity index (χ2v) is 4.39. The zero-order valence-corrected chi connectivity index (χ0v) is 11.9. The molecule has 22 heavy (non-hydrogen) atoms. The molecule has 7 nitrogen and oxygen atoms in total. The maximum atomic E-state index is 11.7. The van der Waals surface area contributed by atoms with Crippen molar-refractivity contribution in [2.24, 2.45) is 0 Å². The lowest BCUT2D eigenvalue weighted by molar-refractivity contribution is 0.0519. The van der Waals surface area contributed by atoms with Crippen LogP contribution >= 0.6 is 0 Å². The van der Waals surface area contributed by atoms with E-state index in [1.807, 2.05) is 12.1 Å². The molecule has 3 aromatic heterocycles. The van der Waals surface area contributed by atoms with Crippen LogP contribution in [0.5, 0.6) is 0 Å². The van der Waals surface area contributed by atoms with Gasteiger partial charge in [0.05, 0.1) is 6.61 Å². The van der Waals surface area contributed by atoms with Crippen molar-refractivity contribution >= 4 is 5.97 Å². The highest BCUT2D eigenvalue weighted by atomic mass is 16.5. The number of carbonyl (C=O) groups is 1. The second kappa shape index (κ2) is 6.13. The van der Waals surface area contributed by atoms with Gasteiger partial charge in [-0.25, -0.2) is 14.8 Å². The van der Waals surface area contributed by atoms with Crippen LogP contribution in [0.1, 0.15) is 17.4 Å². The van der Waals surface area contributed by atoms with Gasteiger partial charge in [0.25, 0.3) is 0 Å². The van der Waals surface area contributed by atoms with E-state index in [0.29, 0.717) is 23.8 Å². The van der Waals surface area contributed by atoms with Gasteiger partial charge >= 0.3 is 5.97 Å². The van der Waals surface area contributed by atoms with Crippen molar-refractivity contribution in [3.8, 4) is 22.8 Å². The van der Waals surface area contributed by atoms with E-state index >= 15 is 0 Å². The molecule has 0 aromatic carbocycles. The van der Waals surface area contributed by atoms with Crippen LogP contribution in [0.25, 0.3) is 22.8 Å². The summed E-state index contributed by atoms with van der Waals surface area (Å²) in [6.45, 7) is 2.05. The molecule has 0 atom stereocenters. The summed E-state index contributed by atoms with van der Waals surface area (Å²) in [5.41, 5.74) is 1.80. The molecule has 0 fully saturated rings. The summed E-state index contributed by atoms with van der Waals surface area (Å²) < 4.78 is 4.94. The number of pyridine rings is 2. The van der Waals surface area contributed by atoms with Crippen LogP contribution in [0.15, 0.2) is 42.9 Å². The van der Waals surface area contributed by atoms with Crippen molar-refractivity contribution in [3.05, 3.63) is 48.5 Å². The fourth-order valence-electron chi connectivity index (χ4n) is 1.92. The molecule has 0 bridgehead atoms. The van der Waals surface area contributed by atoms with Gasteiger partial charge in [0.15, 0.2) is 11.6 Å². The SMILES string of the molecule is CCOC(=O)c1cc(-c2n[nH]c(-c3ccncc3)n2)ccn1. The number of hydrogen-bond acceptors (Lipinski definition) is 6. The molecule has 0 saturated heterocycles. The molecular formula is C15H13N5O2. The molecule has 3 aromatic rings. The number of rotatable bonds is 4. The minimum Gasteiger partial charge on any atom is -0.461 e. The molecule has 3 heterocycles. The van der Waals surface area contributed by atoms with Gasteiger partial charge in [-0.1, -0.05) is 0 Å². The number of hydrogen-bond donors (Lipinski definition) is 1. The van der Waals surface area contributed by atoms with Crippen LogP contribution in [0.3, 0.4) is 0 Å². The smallest absolute Gasteiger partial charge is 0.356 e. The molecule has 0 saturated carbocycles. The molecule has 0 aliphatic heterocycles. The molecule has 1 N–H and O–H groups in total. The standard InChI is InChI=1S/C15H13N5O2/c1-2-22-15(21)12-9-11(5-8-17-12)14-18-13(19-20-14)10-3-6-16-7-4-10/h3-9H,2H2,1H3,(H,18,19,20). The largest absolute Gasteiger partial charge is 0.461 e. The average molecular weight is 295 g/mol. The maximum absolute atomic E-state index is 11.7. The first-order valence-electron chi connectivity index (χ1n) is 6.74. The Morgan fingerprint density at radius 3 is 2.73 bits per heavy atom. The molecule has 0 radical (unpaired) electrons. The molecule has 0 amide bonds. The number of esters is 1. The maximum Gasteiger partial charge on any atom is 0.356 e. The van der Waals surface area contributed by atoms with E-state index in [1.54, 1.807) is 31.5 Å². The predicted octanol–water partition coefficient (Wildman–Crippen LogP) is 2.11. The Kier molecular flexibility index (Phi) is 3.86. The lowest BCUT2D eigenvalue weighted by Crippen LogP contribution is -2.06. The third-order valence-corrected chi connectivity index (χ3v) is 2.94. The van der Waals surface area contributed by atoms with E-state index < -0.39 is 5.97 Å². The summed E-state index contributed by atoms with van der Waals surface area (Å²) in [5.74, 6) is 0.654. The highest BCUT2D eigenvalue weighted by Gasteiger charge is 2.12. The van der Waals surface area contributed by atoms with E-state index in [-0.39, 0.29) is 5.69 Å². The summed E-state index contributed by atoms with van der Waals surface area (Å²) in [4.78, 5) is 24.1. The van der Waals surface area contributed by atoms with Gasteiger partial charge in [-0.15, -0.1) is 0 Å². The van der Waals surface area contributed by atoms with Gasteiger partial charge in [-0.05, 0) is 31.2 Å². The quantitative estimate of drug-likeness (QED) is 0.741. The van der Waals surface area contributed by atoms with Gasteiger partial charge in [-0.2, -0.15) is 5.10 Å². The van der Waals surface area contributed by atoms with E-state index in [0.717, 1.165) is 5.56 Å². The summed E-state index contributed by atoms with van der Waals surface area (Å²) in [6.07, 6.45) is 4.90. The molecule has 7 heteroatoms. The van der Waals surface area contributed by atoms with E-state index in [2.05, 4.69) is 25.1 Å². The molecular weight excluding hydrogens is 282 g/mol. The lowest BCUT2D eigenvalue weighted by atomic mass is 10.2. The van der Waals surface area contributed by atoms with E-state index in [4.69, 9.17) is 4.74 Å². The van der Waals surface area contributed by atoms with E-state index in [1.165, 1.54) is 6.20 Å². The fraction of sp³-hybridized carbons (Fsp3) is 0.133. The topological polar surface area (TPSA) is 93.7 Å². The minimum absolute atomic E-state index is 0.231. The third-order valence-electron chi connectivity index (χ3n) is 2.94. The van der Waals surface area contributed by atoms with Crippen LogP contribution < -0.4 is 0 Å². The predicted molar refractivity (Wildman–Crippen MR) is 78.8 cm³/mol. The van der Waals surface area contributed by atoms with Crippen LogP contribution in [-0.2, 0) is 4.74 Å². The minimum atomic E-state index is -0.464. The van der Waals surface area contributed by atoms with E-state index in [9.17, 15) is 4.79 Å². The van der Waals surface area contributed by atoms with Crippen molar-refractivity contribution in [1.29, 1.82) is 0 Å². The Balaban J connectivity index is 1.91. The number of aromatic amines is 1. The second-order valence-electron chi connectivity index (χ2n) is 4.39. The van der Waals surface area contributed by atoms with Crippen molar-refractivity contribution < 1.29 is 9.53 Å². The van der Waals surface area contributed by atoms with Crippen molar-refractivity contribution in [1.82, 2.24) is 25.1 Å². The number of nitrogens with zero attached hydrogens (tertiary/aromatic N) is 4. The zero-order valence-electron chi connectivity index (χ0n) is 11.9. The van der Waals surface area contributed by atoms with Crippen LogP contribution in [-0.4, -0.2) is 37.7 Å². The monoisotopic (exact) mass is 295 g/mol. The fourth-order valence-corrected chi connectivity index (χ4v) is 1.92. The number of aromatic nitrogens is 5. The first-order chi connectivity index (χ1) is 10.8. The number of nitrogens with one attached hydrogen (secondary N) is 1. The highest BCUT2D eigenvalue weighted by Crippen LogP contribution is 2.19. The molecule has 0 spiro atoms. The number of H-pyrrole nitrogens is 1. The van der Waals surface area contributed by atoms with Gasteiger partial charge < -0.3 is 4.74 Å². The van der Waals surface area contributed by atoms with Crippen molar-refractivity contribution in [2.75, 3.05) is 6.61 Å². The zero-order chi connectivity index (χ0) is 15.4. The Morgan fingerprint density at radius 2 is 1.95 bits per heavy atom. The molecule has 0 aliphatic carbocycles. The molecule has 3 rings (SSSR count). The Labute approximate surface area is 126 Å². The van der Waals surface area contributed by atoms with Gasteiger partial charge in [-0.3, -0.25) is 10.1 Å². The summed E-state index contributed by atoms with van der Waals surface area (Å²) in [5, 5.41) is 7.04. The Bertz CT molecular complexity index is 785. The third kappa shape index (κ3) is 2.83. The molecule has 0 unspecified atom stereocenters. The van der Waals surface area contributed by atoms with Crippen LogP contribution in [0.2, 0.25) is 0 Å². The van der Waals surface area contributed by atoms with Gasteiger partial charge in [0, 0.05) is 29.7 Å². The lowest BCUT2D eigenvalue weighted by Gasteiger charge is -2.01. The van der Waals surface area contributed by atoms with Crippen LogP contribution in [0, 0.1) is 0 Å². The summed E-state index contributed by atoms with van der Waals surface area (Å²) in [7, 11) is 0. The van der Waals surface area contributed by atoms with Crippen LogP contribution in [0.4, 0.5) is 0 Å². The number of ether oxygens (including phenoxy) is 1. The molecule has 0 aliphatic rings. The van der Waals surface area contributed by atoms with Gasteiger partial charge in [0.1, 0.15) is 5.69 Å². The summed E-state index contributed by atoms with van der Waals surface area (Å²) >= 11 is 0. The van der Waals surface area contributed by atoms with Gasteiger partial charge in [0.2, 0.25) is 0 Å². The molecule has 110 valence electrons. The Hall–Kier alpha value is -3.09. The first kappa shape index (κ1) is 13.9. The average Bonchev–Trinajstić information content (AvgIpc) is 3.06. The highest BCUT2D eigenvalue weighted by molar-refractivity contribution is 5.88. The summed E-state index contributed by atoms with van der Waals surface area (Å²) in [6, 6.07) is 7.02. The Morgan fingerprint density at radius 1 is 1.18 bits per heavy atom. The van der Waals surface area contributed by atoms with Crippen molar-refractivity contribution in [2.45, 2.75) is 6.92 Å². The normalized spacial score (nSPS) is 10.4. The van der Waals surface area contributed by atoms with Crippen molar-refractivity contribution in [3.63, 3.8) is 0 Å².